The Kier molecular flexibility index (Phi) is 4.45. The van der Waals surface area contributed by atoms with Crippen LogP contribution < -0.4 is 5.69 Å². The summed E-state index contributed by atoms with van der Waals surface area (Å²) in [5.74, 6) is 0.743. The first-order valence-electron chi connectivity index (χ1n) is 9.56. The molecule has 7 heteroatoms. The number of carbonyl (C=O) groups excluding carboxylic acids is 2. The van der Waals surface area contributed by atoms with Gasteiger partial charge in [0.05, 0.1) is 5.92 Å². The van der Waals surface area contributed by atoms with Gasteiger partial charge in [0.2, 0.25) is 5.91 Å². The highest BCUT2D eigenvalue weighted by molar-refractivity contribution is 6.06. The van der Waals surface area contributed by atoms with Crippen LogP contribution in [0.4, 0.5) is 0 Å². The van der Waals surface area contributed by atoms with Crippen LogP contribution in [0.1, 0.15) is 59.8 Å². The second kappa shape index (κ2) is 6.79. The van der Waals surface area contributed by atoms with Crippen LogP contribution in [-0.4, -0.2) is 44.0 Å². The average molecular weight is 368 g/mol. The van der Waals surface area contributed by atoms with Gasteiger partial charge in [-0.05, 0) is 25.3 Å². The summed E-state index contributed by atoms with van der Waals surface area (Å²) in [4.78, 5) is 39.2. The van der Waals surface area contributed by atoms with Crippen molar-refractivity contribution in [1.29, 1.82) is 0 Å². The third-order valence-corrected chi connectivity index (χ3v) is 5.85. The fourth-order valence-electron chi connectivity index (χ4n) is 4.38. The van der Waals surface area contributed by atoms with E-state index in [0.717, 1.165) is 24.2 Å². The minimum atomic E-state index is -0.353. The highest BCUT2D eigenvalue weighted by atomic mass is 16.2. The monoisotopic (exact) mass is 368 g/mol. The molecular weight excluding hydrogens is 344 g/mol. The molecular formula is C20H24N4O3. The van der Waals surface area contributed by atoms with E-state index in [9.17, 15) is 14.4 Å². The van der Waals surface area contributed by atoms with Gasteiger partial charge in [-0.2, -0.15) is 5.10 Å². The Morgan fingerprint density at radius 2 is 1.89 bits per heavy atom. The number of likely N-dealkylation sites (tertiary alicyclic amines) is 1. The fraction of sp³-hybridized carbons (Fsp3) is 0.500. The Balaban J connectivity index is 1.47. The molecule has 7 nitrogen and oxygen atoms in total. The quantitative estimate of drug-likeness (QED) is 0.826. The third kappa shape index (κ3) is 2.91. The predicted octanol–water partition coefficient (Wildman–Crippen LogP) is 1.68. The Hall–Kier alpha value is -2.70. The first kappa shape index (κ1) is 17.7. The highest BCUT2D eigenvalue weighted by Crippen LogP contribution is 2.36. The minimum Gasteiger partial charge on any atom is -0.342 e. The number of amides is 1. The normalized spacial score (nSPS) is 20.1. The van der Waals surface area contributed by atoms with Crippen LogP contribution in [0, 0.1) is 0 Å². The van der Waals surface area contributed by atoms with Crippen molar-refractivity contribution in [3.05, 3.63) is 51.7 Å². The number of ketones is 1. The maximum atomic E-state index is 13.0. The molecule has 1 unspecified atom stereocenters. The van der Waals surface area contributed by atoms with Crippen molar-refractivity contribution in [3.8, 4) is 0 Å². The van der Waals surface area contributed by atoms with Gasteiger partial charge < -0.3 is 4.90 Å². The zero-order valence-electron chi connectivity index (χ0n) is 15.7. The Morgan fingerprint density at radius 1 is 1.19 bits per heavy atom. The minimum absolute atomic E-state index is 0.0423. The van der Waals surface area contributed by atoms with Gasteiger partial charge >= 0.3 is 5.69 Å². The van der Waals surface area contributed by atoms with Gasteiger partial charge in [-0.3, -0.25) is 14.2 Å². The highest BCUT2D eigenvalue weighted by Gasteiger charge is 2.37. The van der Waals surface area contributed by atoms with Crippen LogP contribution in [0.5, 0.6) is 0 Å². The molecule has 2 aliphatic rings. The van der Waals surface area contributed by atoms with Gasteiger partial charge in [0.15, 0.2) is 5.78 Å². The summed E-state index contributed by atoms with van der Waals surface area (Å²) >= 11 is 0. The van der Waals surface area contributed by atoms with Crippen LogP contribution >= 0.6 is 0 Å². The standard InChI is InChI=1S/C20H24N4O3/c1-3-24-18(21-22(2)20(24)27)13-8-10-23(11-9-13)19(26)16-12-17(25)15-7-5-4-6-14(15)16/h4-7,13,16H,3,8-12H2,1-2H3. The van der Waals surface area contributed by atoms with E-state index in [2.05, 4.69) is 5.10 Å². The molecule has 1 amide bonds. The molecule has 142 valence electrons. The molecule has 2 aromatic rings. The van der Waals surface area contributed by atoms with Gasteiger partial charge in [-0.1, -0.05) is 24.3 Å². The lowest BCUT2D eigenvalue weighted by Gasteiger charge is -2.33. The number of benzene rings is 1. The van der Waals surface area contributed by atoms with E-state index in [1.807, 2.05) is 36.1 Å². The van der Waals surface area contributed by atoms with Crippen molar-refractivity contribution in [2.75, 3.05) is 13.1 Å². The molecule has 1 aliphatic heterocycles. The molecule has 1 aromatic heterocycles. The third-order valence-electron chi connectivity index (χ3n) is 5.85. The molecule has 27 heavy (non-hydrogen) atoms. The summed E-state index contributed by atoms with van der Waals surface area (Å²) < 4.78 is 3.10. The Morgan fingerprint density at radius 3 is 2.59 bits per heavy atom. The van der Waals surface area contributed by atoms with Crippen LogP contribution in [0.25, 0.3) is 0 Å². The molecule has 1 aromatic carbocycles. The number of Topliss-reactive ketones (excluding diaryl/α,β-unsaturated/α-hetero) is 1. The largest absolute Gasteiger partial charge is 0.345 e. The second-order valence-corrected chi connectivity index (χ2v) is 7.38. The van der Waals surface area contributed by atoms with E-state index in [1.165, 1.54) is 4.68 Å². The predicted molar refractivity (Wildman–Crippen MR) is 99.8 cm³/mol. The summed E-state index contributed by atoms with van der Waals surface area (Å²) in [7, 11) is 1.67. The van der Waals surface area contributed by atoms with Crippen molar-refractivity contribution >= 4 is 11.7 Å². The first-order chi connectivity index (χ1) is 13.0. The van der Waals surface area contributed by atoms with Crippen LogP contribution in [-0.2, 0) is 18.4 Å². The second-order valence-electron chi connectivity index (χ2n) is 7.38. The fourth-order valence-corrected chi connectivity index (χ4v) is 4.38. The van der Waals surface area contributed by atoms with Crippen molar-refractivity contribution < 1.29 is 9.59 Å². The summed E-state index contributed by atoms with van der Waals surface area (Å²) in [6.07, 6.45) is 1.84. The number of hydrogen-bond donors (Lipinski definition) is 0. The number of nitrogens with zero attached hydrogens (tertiary/aromatic N) is 4. The molecule has 1 saturated heterocycles. The lowest BCUT2D eigenvalue weighted by Crippen LogP contribution is -2.40. The van der Waals surface area contributed by atoms with Crippen LogP contribution in [0.2, 0.25) is 0 Å². The summed E-state index contributed by atoms with van der Waals surface area (Å²) in [5.41, 5.74) is 1.46. The number of fused-ring (bicyclic) bond motifs is 1. The van der Waals surface area contributed by atoms with Gasteiger partial charge in [0.25, 0.3) is 0 Å². The number of hydrogen-bond acceptors (Lipinski definition) is 4. The van der Waals surface area contributed by atoms with E-state index in [4.69, 9.17) is 0 Å². The molecule has 0 bridgehead atoms. The molecule has 1 atom stereocenters. The molecule has 0 saturated carbocycles. The van der Waals surface area contributed by atoms with E-state index in [1.54, 1.807) is 11.6 Å². The van der Waals surface area contributed by atoms with Crippen molar-refractivity contribution in [2.45, 2.75) is 44.6 Å². The lowest BCUT2D eigenvalue weighted by atomic mass is 9.93. The maximum Gasteiger partial charge on any atom is 0.345 e. The topological polar surface area (TPSA) is 77.2 Å². The zero-order valence-corrected chi connectivity index (χ0v) is 15.7. The summed E-state index contributed by atoms with van der Waals surface area (Å²) in [6.45, 7) is 3.80. The van der Waals surface area contributed by atoms with Crippen molar-refractivity contribution in [3.63, 3.8) is 0 Å². The summed E-state index contributed by atoms with van der Waals surface area (Å²) in [6, 6.07) is 7.43. The average Bonchev–Trinajstić information content (AvgIpc) is 3.18. The number of carbonyl (C=O) groups is 2. The molecule has 4 rings (SSSR count). The van der Waals surface area contributed by atoms with Crippen molar-refractivity contribution in [1.82, 2.24) is 19.2 Å². The Labute approximate surface area is 157 Å². The molecule has 1 aliphatic carbocycles. The maximum absolute atomic E-state index is 13.0. The van der Waals surface area contributed by atoms with E-state index >= 15 is 0 Å². The zero-order chi connectivity index (χ0) is 19.1. The van der Waals surface area contributed by atoms with Gasteiger partial charge in [-0.15, -0.1) is 0 Å². The first-order valence-corrected chi connectivity index (χ1v) is 9.56. The van der Waals surface area contributed by atoms with Crippen molar-refractivity contribution in [2.24, 2.45) is 7.05 Å². The molecule has 0 N–H and O–H groups in total. The number of aryl methyl sites for hydroxylation is 1. The Bertz CT molecular complexity index is 950. The van der Waals surface area contributed by atoms with E-state index in [-0.39, 0.29) is 35.6 Å². The summed E-state index contributed by atoms with van der Waals surface area (Å²) in [5, 5.41) is 4.41. The van der Waals surface area contributed by atoms with Crippen LogP contribution in [0.15, 0.2) is 29.1 Å². The molecule has 0 spiro atoms. The van der Waals surface area contributed by atoms with Gasteiger partial charge in [0.1, 0.15) is 5.82 Å². The number of piperidine rings is 1. The molecule has 0 radical (unpaired) electrons. The SMILES string of the molecule is CCn1c(C2CCN(C(=O)C3CC(=O)c4ccccc43)CC2)nn(C)c1=O. The van der Waals surface area contributed by atoms with Crippen LogP contribution in [0.3, 0.4) is 0 Å². The number of aromatic nitrogens is 3. The number of rotatable bonds is 3. The lowest BCUT2D eigenvalue weighted by molar-refractivity contribution is -0.133. The van der Waals surface area contributed by atoms with Gasteiger partial charge in [-0.25, -0.2) is 9.48 Å². The van der Waals surface area contributed by atoms with E-state index < -0.39 is 0 Å². The smallest absolute Gasteiger partial charge is 0.342 e. The molecule has 2 heterocycles. The molecule has 1 fully saturated rings. The van der Waals surface area contributed by atoms with E-state index in [0.29, 0.717) is 25.2 Å². The van der Waals surface area contributed by atoms with Gasteiger partial charge in [0, 0.05) is 44.6 Å².